The van der Waals surface area contributed by atoms with Gasteiger partial charge in [-0.05, 0) is 25.7 Å². The molecule has 23 heavy (non-hydrogen) atoms. The van der Waals surface area contributed by atoms with Gasteiger partial charge in [-0.25, -0.2) is 0 Å². The van der Waals surface area contributed by atoms with Crippen LogP contribution in [0.3, 0.4) is 0 Å². The molecule has 1 saturated carbocycles. The zero-order valence-electron chi connectivity index (χ0n) is 13.7. The van der Waals surface area contributed by atoms with E-state index in [1.807, 2.05) is 19.1 Å². The number of aliphatic carboxylic acids is 1. The first-order valence-electron chi connectivity index (χ1n) is 8.39. The van der Waals surface area contributed by atoms with E-state index in [0.717, 1.165) is 6.42 Å². The normalized spacial score (nSPS) is 26.4. The van der Waals surface area contributed by atoms with Gasteiger partial charge in [-0.2, -0.15) is 0 Å². The number of rotatable bonds is 10. The predicted octanol–water partition coefficient (Wildman–Crippen LogP) is 2.47. The van der Waals surface area contributed by atoms with E-state index in [4.69, 9.17) is 5.11 Å². The summed E-state index contributed by atoms with van der Waals surface area (Å²) in [6.07, 6.45) is 9.44. The number of hydrogen-bond acceptors (Lipinski definition) is 4. The summed E-state index contributed by atoms with van der Waals surface area (Å²) in [7, 11) is 0. The third-order valence-corrected chi connectivity index (χ3v) is 4.22. The molecule has 0 aromatic carbocycles. The molecule has 5 heteroatoms. The van der Waals surface area contributed by atoms with Crippen molar-refractivity contribution in [3.05, 3.63) is 24.3 Å². The van der Waals surface area contributed by atoms with E-state index in [9.17, 15) is 19.8 Å². The van der Waals surface area contributed by atoms with E-state index in [2.05, 4.69) is 0 Å². The number of allylic oxidation sites excluding steroid dienone is 1. The maximum atomic E-state index is 12.0. The molecule has 0 aromatic heterocycles. The third kappa shape index (κ3) is 7.10. The van der Waals surface area contributed by atoms with Crippen molar-refractivity contribution in [2.45, 2.75) is 64.1 Å². The molecule has 1 aliphatic rings. The van der Waals surface area contributed by atoms with Crippen LogP contribution in [0.5, 0.6) is 0 Å². The number of hydrogen-bond donors (Lipinski definition) is 3. The Labute approximate surface area is 137 Å². The van der Waals surface area contributed by atoms with Crippen LogP contribution in [0.1, 0.15) is 51.9 Å². The maximum Gasteiger partial charge on any atom is 0.303 e. The fraction of sp³-hybridized carbons (Fsp3) is 0.667. The van der Waals surface area contributed by atoms with Gasteiger partial charge in [0.1, 0.15) is 5.78 Å². The summed E-state index contributed by atoms with van der Waals surface area (Å²) >= 11 is 0. The summed E-state index contributed by atoms with van der Waals surface area (Å²) < 4.78 is 0. The van der Waals surface area contributed by atoms with Gasteiger partial charge in [0, 0.05) is 24.7 Å². The zero-order valence-corrected chi connectivity index (χ0v) is 13.7. The summed E-state index contributed by atoms with van der Waals surface area (Å²) in [5.41, 5.74) is 0. The van der Waals surface area contributed by atoms with Gasteiger partial charge in [-0.3, -0.25) is 9.59 Å². The molecule has 1 fully saturated rings. The van der Waals surface area contributed by atoms with E-state index in [1.165, 1.54) is 0 Å². The summed E-state index contributed by atoms with van der Waals surface area (Å²) in [6.45, 7) is 2.02. The molecule has 0 heterocycles. The van der Waals surface area contributed by atoms with Gasteiger partial charge in [-0.15, -0.1) is 0 Å². The van der Waals surface area contributed by atoms with Crippen molar-refractivity contribution in [2.75, 3.05) is 0 Å². The van der Waals surface area contributed by atoms with Gasteiger partial charge >= 0.3 is 5.97 Å². The molecule has 4 atom stereocenters. The van der Waals surface area contributed by atoms with E-state index in [1.54, 1.807) is 12.2 Å². The Morgan fingerprint density at radius 3 is 2.74 bits per heavy atom. The van der Waals surface area contributed by atoms with Crippen LogP contribution in [0.4, 0.5) is 0 Å². The number of carboxylic acids is 1. The molecular formula is C18H28O5. The van der Waals surface area contributed by atoms with Crippen LogP contribution in [0.2, 0.25) is 0 Å². The van der Waals surface area contributed by atoms with Gasteiger partial charge in [0.15, 0.2) is 0 Å². The first-order chi connectivity index (χ1) is 11.0. The van der Waals surface area contributed by atoms with Crippen molar-refractivity contribution in [1.82, 2.24) is 0 Å². The molecule has 3 N–H and O–H groups in total. The van der Waals surface area contributed by atoms with E-state index < -0.39 is 18.2 Å². The first kappa shape index (κ1) is 19.6. The molecule has 0 unspecified atom stereocenters. The minimum Gasteiger partial charge on any atom is -0.481 e. The summed E-state index contributed by atoms with van der Waals surface area (Å²) in [6, 6.07) is 0. The quantitative estimate of drug-likeness (QED) is 0.424. The lowest BCUT2D eigenvalue weighted by Gasteiger charge is -2.17. The molecule has 0 amide bonds. The van der Waals surface area contributed by atoms with E-state index >= 15 is 0 Å². The fourth-order valence-electron chi connectivity index (χ4n) is 2.97. The highest BCUT2D eigenvalue weighted by atomic mass is 16.4. The smallest absolute Gasteiger partial charge is 0.303 e. The number of carbonyl (C=O) groups is 2. The second-order valence-corrected chi connectivity index (χ2v) is 6.13. The molecule has 1 rings (SSSR count). The topological polar surface area (TPSA) is 94.8 Å². The number of aliphatic hydroxyl groups is 2. The molecule has 0 aliphatic heterocycles. The molecule has 130 valence electrons. The third-order valence-electron chi connectivity index (χ3n) is 4.22. The minimum atomic E-state index is -0.831. The number of unbranched alkanes of at least 4 members (excludes halogenated alkanes) is 1. The van der Waals surface area contributed by atoms with Crippen molar-refractivity contribution < 1.29 is 24.9 Å². The van der Waals surface area contributed by atoms with Gasteiger partial charge in [-0.1, -0.05) is 37.6 Å². The molecule has 0 spiro atoms. The van der Waals surface area contributed by atoms with Gasteiger partial charge in [0.2, 0.25) is 0 Å². The lowest BCUT2D eigenvalue weighted by molar-refractivity contribution is -0.137. The number of carboxylic acid groups (broad SMARTS) is 1. The summed E-state index contributed by atoms with van der Waals surface area (Å²) in [5, 5.41) is 28.6. The molecule has 0 aromatic rings. The average Bonchev–Trinajstić information content (AvgIpc) is 2.75. The van der Waals surface area contributed by atoms with Crippen LogP contribution < -0.4 is 0 Å². The lowest BCUT2D eigenvalue weighted by atomic mass is 9.88. The van der Waals surface area contributed by atoms with E-state index in [-0.39, 0.29) is 30.5 Å². The van der Waals surface area contributed by atoms with Crippen LogP contribution >= 0.6 is 0 Å². The van der Waals surface area contributed by atoms with Crippen molar-refractivity contribution in [3.8, 4) is 0 Å². The summed E-state index contributed by atoms with van der Waals surface area (Å²) in [4.78, 5) is 22.5. The Morgan fingerprint density at radius 1 is 1.35 bits per heavy atom. The second kappa shape index (κ2) is 10.3. The van der Waals surface area contributed by atoms with Crippen LogP contribution in [-0.2, 0) is 9.59 Å². The highest BCUT2D eigenvalue weighted by molar-refractivity contribution is 5.84. The Morgan fingerprint density at radius 2 is 2.09 bits per heavy atom. The van der Waals surface area contributed by atoms with Crippen LogP contribution in [0.25, 0.3) is 0 Å². The standard InChI is InChI=1S/C18H28O5/c1-2-3-4-7-13(19)10-11-15-14(16(20)12-17(15)21)8-5-6-9-18(22)23/h3-4,10-11,13-15,17,19,21H,2,5-9,12H2,1H3,(H,22,23)/b4-3-,11-10+/t13-,14-,15+,17-/m1/s1. The highest BCUT2D eigenvalue weighted by Gasteiger charge is 2.39. The number of ketones is 1. The van der Waals surface area contributed by atoms with Crippen LogP contribution in [0.15, 0.2) is 24.3 Å². The fourth-order valence-corrected chi connectivity index (χ4v) is 2.97. The van der Waals surface area contributed by atoms with Gasteiger partial charge in [0.25, 0.3) is 0 Å². The van der Waals surface area contributed by atoms with E-state index in [0.29, 0.717) is 25.7 Å². The Kier molecular flexibility index (Phi) is 8.81. The number of carbonyl (C=O) groups excluding carboxylic acids is 1. The lowest BCUT2D eigenvalue weighted by Crippen LogP contribution is -2.19. The molecular weight excluding hydrogens is 296 g/mol. The Balaban J connectivity index is 2.53. The van der Waals surface area contributed by atoms with Crippen molar-refractivity contribution >= 4 is 11.8 Å². The molecule has 0 radical (unpaired) electrons. The Hall–Kier alpha value is -1.46. The van der Waals surface area contributed by atoms with Gasteiger partial charge < -0.3 is 15.3 Å². The number of aliphatic hydroxyl groups excluding tert-OH is 2. The predicted molar refractivity (Wildman–Crippen MR) is 87.9 cm³/mol. The Bertz CT molecular complexity index is 441. The van der Waals surface area contributed by atoms with Crippen molar-refractivity contribution in [2.24, 2.45) is 11.8 Å². The average molecular weight is 324 g/mol. The largest absolute Gasteiger partial charge is 0.481 e. The van der Waals surface area contributed by atoms with Crippen LogP contribution in [0, 0.1) is 11.8 Å². The molecule has 5 nitrogen and oxygen atoms in total. The molecule has 1 aliphatic carbocycles. The first-order valence-corrected chi connectivity index (χ1v) is 8.39. The molecule has 0 bridgehead atoms. The van der Waals surface area contributed by atoms with Gasteiger partial charge in [0.05, 0.1) is 12.2 Å². The zero-order chi connectivity index (χ0) is 17.2. The SMILES string of the molecule is CC/C=C\C[C@@H](O)/C=C/[C@@H]1[C@H](O)CC(=O)[C@@H]1CCCCC(=O)O. The van der Waals surface area contributed by atoms with Crippen LogP contribution in [-0.4, -0.2) is 39.3 Å². The van der Waals surface area contributed by atoms with Crippen molar-refractivity contribution in [3.63, 3.8) is 0 Å². The number of Topliss-reactive ketones (excluding diaryl/α,β-unsaturated/α-hetero) is 1. The second-order valence-electron chi connectivity index (χ2n) is 6.13. The highest BCUT2D eigenvalue weighted by Crippen LogP contribution is 2.34. The monoisotopic (exact) mass is 324 g/mol. The minimum absolute atomic E-state index is 0.0304. The summed E-state index contributed by atoms with van der Waals surface area (Å²) in [5.74, 6) is -1.35. The van der Waals surface area contributed by atoms with Crippen molar-refractivity contribution in [1.29, 1.82) is 0 Å². The molecule has 0 saturated heterocycles. The maximum absolute atomic E-state index is 12.0.